The van der Waals surface area contributed by atoms with Crippen molar-refractivity contribution in [1.29, 1.82) is 0 Å². The van der Waals surface area contributed by atoms with E-state index in [9.17, 15) is 0 Å². The Morgan fingerprint density at radius 3 is 2.50 bits per heavy atom. The summed E-state index contributed by atoms with van der Waals surface area (Å²) in [5, 5.41) is 0. The van der Waals surface area contributed by atoms with E-state index < -0.39 is 0 Å². The van der Waals surface area contributed by atoms with Crippen LogP contribution in [0.5, 0.6) is 17.2 Å². The monoisotopic (exact) mass is 438 g/mol. The van der Waals surface area contributed by atoms with Gasteiger partial charge in [-0.3, -0.25) is 0 Å². The van der Waals surface area contributed by atoms with E-state index in [0.717, 1.165) is 49.1 Å². The number of fused-ring (bicyclic) bond motifs is 1. The van der Waals surface area contributed by atoms with E-state index in [-0.39, 0.29) is 0 Å². The molecule has 1 saturated heterocycles. The molecule has 1 atom stereocenters. The minimum absolute atomic E-state index is 0.337. The summed E-state index contributed by atoms with van der Waals surface area (Å²) >= 11 is 0. The summed E-state index contributed by atoms with van der Waals surface area (Å²) in [5.41, 5.74) is 2.71. The van der Waals surface area contributed by atoms with E-state index in [1.54, 1.807) is 7.11 Å². The summed E-state index contributed by atoms with van der Waals surface area (Å²) in [6, 6.07) is 14.9. The molecule has 0 N–H and O–H groups in total. The van der Waals surface area contributed by atoms with Crippen molar-refractivity contribution in [3.63, 3.8) is 0 Å². The first-order valence-corrected chi connectivity index (χ1v) is 12.0. The molecule has 1 fully saturated rings. The van der Waals surface area contributed by atoms with Crippen LogP contribution in [0.15, 0.2) is 42.5 Å². The maximum atomic E-state index is 5.57. The zero-order valence-corrected chi connectivity index (χ0v) is 19.9. The molecule has 0 amide bonds. The molecule has 2 aromatic rings. The maximum Gasteiger partial charge on any atom is 0.231 e. The second kappa shape index (κ2) is 11.1. The van der Waals surface area contributed by atoms with Crippen LogP contribution in [-0.2, 0) is 12.8 Å². The Kier molecular flexibility index (Phi) is 7.93. The van der Waals surface area contributed by atoms with E-state index >= 15 is 0 Å². The van der Waals surface area contributed by atoms with Crippen LogP contribution in [0, 0.1) is 11.8 Å². The summed E-state index contributed by atoms with van der Waals surface area (Å²) in [5.74, 6) is 4.06. The lowest BCUT2D eigenvalue weighted by Gasteiger charge is -2.34. The molecule has 0 bridgehead atoms. The highest BCUT2D eigenvalue weighted by atomic mass is 16.7. The highest BCUT2D eigenvalue weighted by molar-refractivity contribution is 5.44. The third-order valence-electron chi connectivity index (χ3n) is 6.82. The summed E-state index contributed by atoms with van der Waals surface area (Å²) in [4.78, 5) is 5.16. The summed E-state index contributed by atoms with van der Waals surface area (Å²) in [6.45, 7) is 8.59. The second-order valence-corrected chi connectivity index (χ2v) is 9.60. The molecule has 1 unspecified atom stereocenters. The van der Waals surface area contributed by atoms with Crippen molar-refractivity contribution >= 4 is 0 Å². The van der Waals surface area contributed by atoms with Crippen molar-refractivity contribution in [1.82, 2.24) is 9.80 Å². The molecular formula is C27H38N2O3. The SMILES string of the molecule is COc1ccc(CCN(CC(C)Cc2ccc3c(c2)OCO3)CC2CCN(C)CC2)cc1. The van der Waals surface area contributed by atoms with E-state index in [1.807, 2.05) is 6.07 Å². The van der Waals surface area contributed by atoms with Crippen molar-refractivity contribution in [2.24, 2.45) is 11.8 Å². The van der Waals surface area contributed by atoms with Crippen LogP contribution in [0.4, 0.5) is 0 Å². The van der Waals surface area contributed by atoms with Gasteiger partial charge in [-0.25, -0.2) is 0 Å². The Bertz CT molecular complexity index is 846. The van der Waals surface area contributed by atoms with Gasteiger partial charge < -0.3 is 24.0 Å². The van der Waals surface area contributed by atoms with Gasteiger partial charge in [0.15, 0.2) is 11.5 Å². The molecule has 0 aliphatic carbocycles. The molecule has 0 aromatic heterocycles. The Morgan fingerprint density at radius 2 is 1.75 bits per heavy atom. The van der Waals surface area contributed by atoms with Gasteiger partial charge >= 0.3 is 0 Å². The molecular weight excluding hydrogens is 400 g/mol. The Balaban J connectivity index is 1.35. The Labute approximate surface area is 193 Å². The van der Waals surface area contributed by atoms with Crippen LogP contribution in [0.1, 0.15) is 30.9 Å². The average molecular weight is 439 g/mol. The molecule has 32 heavy (non-hydrogen) atoms. The van der Waals surface area contributed by atoms with Gasteiger partial charge in [-0.2, -0.15) is 0 Å². The van der Waals surface area contributed by atoms with Crippen LogP contribution < -0.4 is 14.2 Å². The van der Waals surface area contributed by atoms with Crippen molar-refractivity contribution in [2.45, 2.75) is 32.6 Å². The Hall–Kier alpha value is -2.24. The largest absolute Gasteiger partial charge is 0.497 e. The van der Waals surface area contributed by atoms with Gasteiger partial charge in [0, 0.05) is 19.6 Å². The van der Waals surface area contributed by atoms with Crippen molar-refractivity contribution in [3.05, 3.63) is 53.6 Å². The van der Waals surface area contributed by atoms with Gasteiger partial charge in [-0.05, 0) is 93.0 Å². The predicted molar refractivity (Wildman–Crippen MR) is 129 cm³/mol. The van der Waals surface area contributed by atoms with Gasteiger partial charge in [0.25, 0.3) is 0 Å². The molecule has 5 heteroatoms. The van der Waals surface area contributed by atoms with Crippen LogP contribution in [-0.4, -0.2) is 63.5 Å². The van der Waals surface area contributed by atoms with E-state index in [0.29, 0.717) is 12.7 Å². The first-order valence-electron chi connectivity index (χ1n) is 12.0. The Morgan fingerprint density at radius 1 is 1.03 bits per heavy atom. The standard InChI is InChI=1S/C27H38N2O3/c1-21(16-24-6-9-26-27(17-24)32-20-31-26)18-29(19-23-10-13-28(2)14-11-23)15-12-22-4-7-25(30-3)8-5-22/h4-9,17,21,23H,10-16,18-20H2,1-3H3. The number of benzene rings is 2. The van der Waals surface area contributed by atoms with Gasteiger partial charge in [-0.15, -0.1) is 0 Å². The normalized spacial score (nSPS) is 17.6. The molecule has 2 aliphatic rings. The number of hydrogen-bond acceptors (Lipinski definition) is 5. The van der Waals surface area contributed by atoms with Crippen molar-refractivity contribution in [2.75, 3.05) is 53.7 Å². The zero-order chi connectivity index (χ0) is 22.3. The highest BCUT2D eigenvalue weighted by Gasteiger charge is 2.21. The number of methoxy groups -OCH3 is 1. The first-order chi connectivity index (χ1) is 15.6. The lowest BCUT2D eigenvalue weighted by Crippen LogP contribution is -2.39. The lowest BCUT2D eigenvalue weighted by atomic mass is 9.95. The van der Waals surface area contributed by atoms with E-state index in [4.69, 9.17) is 14.2 Å². The average Bonchev–Trinajstić information content (AvgIpc) is 3.27. The maximum absolute atomic E-state index is 5.57. The smallest absolute Gasteiger partial charge is 0.231 e. The van der Waals surface area contributed by atoms with Crippen LogP contribution in [0.25, 0.3) is 0 Å². The van der Waals surface area contributed by atoms with Crippen molar-refractivity contribution < 1.29 is 14.2 Å². The zero-order valence-electron chi connectivity index (χ0n) is 19.9. The molecule has 5 nitrogen and oxygen atoms in total. The number of piperidine rings is 1. The fourth-order valence-corrected chi connectivity index (χ4v) is 4.92. The van der Waals surface area contributed by atoms with Crippen LogP contribution in [0.3, 0.4) is 0 Å². The summed E-state index contributed by atoms with van der Waals surface area (Å²) < 4.78 is 16.3. The number of ether oxygens (including phenoxy) is 3. The topological polar surface area (TPSA) is 34.2 Å². The van der Waals surface area contributed by atoms with Crippen LogP contribution >= 0.6 is 0 Å². The summed E-state index contributed by atoms with van der Waals surface area (Å²) in [6.07, 6.45) is 4.76. The number of nitrogens with zero attached hydrogens (tertiary/aromatic N) is 2. The molecule has 0 spiro atoms. The predicted octanol–water partition coefficient (Wildman–Crippen LogP) is 4.49. The fraction of sp³-hybridized carbons (Fsp3) is 0.556. The minimum Gasteiger partial charge on any atom is -0.497 e. The lowest BCUT2D eigenvalue weighted by molar-refractivity contribution is 0.149. The molecule has 2 aliphatic heterocycles. The third-order valence-corrected chi connectivity index (χ3v) is 6.82. The van der Waals surface area contributed by atoms with E-state index in [1.165, 1.54) is 43.6 Å². The molecule has 2 aromatic carbocycles. The number of rotatable bonds is 10. The van der Waals surface area contributed by atoms with Crippen molar-refractivity contribution in [3.8, 4) is 17.2 Å². The minimum atomic E-state index is 0.337. The van der Waals surface area contributed by atoms with Gasteiger partial charge in [0.05, 0.1) is 7.11 Å². The van der Waals surface area contributed by atoms with Gasteiger partial charge in [-0.1, -0.05) is 25.1 Å². The first kappa shape index (κ1) is 22.9. The van der Waals surface area contributed by atoms with Gasteiger partial charge in [0.2, 0.25) is 6.79 Å². The molecule has 0 saturated carbocycles. The molecule has 0 radical (unpaired) electrons. The van der Waals surface area contributed by atoms with E-state index in [2.05, 4.69) is 60.2 Å². The molecule has 4 rings (SSSR count). The third kappa shape index (κ3) is 6.39. The highest BCUT2D eigenvalue weighted by Crippen LogP contribution is 2.33. The fourth-order valence-electron chi connectivity index (χ4n) is 4.92. The second-order valence-electron chi connectivity index (χ2n) is 9.60. The quantitative estimate of drug-likeness (QED) is 0.546. The molecule has 2 heterocycles. The molecule has 174 valence electrons. The van der Waals surface area contributed by atoms with Gasteiger partial charge in [0.1, 0.15) is 5.75 Å². The number of hydrogen-bond donors (Lipinski definition) is 0. The number of likely N-dealkylation sites (tertiary alicyclic amines) is 1. The van der Waals surface area contributed by atoms with Crippen LogP contribution in [0.2, 0.25) is 0 Å². The summed E-state index contributed by atoms with van der Waals surface area (Å²) in [7, 11) is 3.96.